The normalized spacial score (nSPS) is 12.6. The zero-order valence-electron chi connectivity index (χ0n) is 56.4. The highest BCUT2D eigenvalue weighted by Gasteiger charge is 2.16. The lowest BCUT2D eigenvalue weighted by atomic mass is 10.0. The number of unbranched alkanes of at least 4 members (excludes halogenated alkanes) is 50. The predicted molar refractivity (Wildman–Crippen MR) is 371 cm³/mol. The van der Waals surface area contributed by atoms with Crippen LogP contribution in [0, 0.1) is 0 Å². The van der Waals surface area contributed by atoms with E-state index in [2.05, 4.69) is 86.8 Å². The molecule has 0 aliphatic carbocycles. The minimum Gasteiger partial charge on any atom is -0.462 e. The van der Waals surface area contributed by atoms with Crippen LogP contribution < -0.4 is 0 Å². The number of esters is 2. The molecule has 0 heterocycles. The maximum absolute atomic E-state index is 12.4. The van der Waals surface area contributed by atoms with Gasteiger partial charge in [0.25, 0.3) is 0 Å². The van der Waals surface area contributed by atoms with E-state index >= 15 is 0 Å². The molecule has 0 aromatic rings. The summed E-state index contributed by atoms with van der Waals surface area (Å²) in [5, 5.41) is 9.72. The summed E-state index contributed by atoms with van der Waals surface area (Å²) in [7, 11) is 0. The van der Waals surface area contributed by atoms with Crippen LogP contribution in [0.15, 0.2) is 72.9 Å². The summed E-state index contributed by atoms with van der Waals surface area (Å²) in [6.45, 7) is 4.07. The van der Waals surface area contributed by atoms with Gasteiger partial charge in [0.15, 0.2) is 6.10 Å². The molecule has 490 valence electrons. The second-order valence-electron chi connectivity index (χ2n) is 25.3. The van der Waals surface area contributed by atoms with E-state index in [0.29, 0.717) is 12.8 Å². The van der Waals surface area contributed by atoms with E-state index in [9.17, 15) is 14.7 Å². The Morgan fingerprint density at radius 3 is 0.774 bits per heavy atom. The molecule has 0 aromatic carbocycles. The Hall–Kier alpha value is -2.66. The number of hydrogen-bond donors (Lipinski definition) is 1. The van der Waals surface area contributed by atoms with E-state index in [1.165, 1.54) is 302 Å². The average molecular weight is 1170 g/mol. The zero-order chi connectivity index (χ0) is 60.5. The maximum Gasteiger partial charge on any atom is 0.306 e. The second-order valence-corrected chi connectivity index (χ2v) is 25.3. The van der Waals surface area contributed by atoms with Gasteiger partial charge in [-0.3, -0.25) is 9.59 Å². The van der Waals surface area contributed by atoms with E-state index in [1.54, 1.807) is 0 Å². The summed E-state index contributed by atoms with van der Waals surface area (Å²) in [5.74, 6) is -0.569. The van der Waals surface area contributed by atoms with Gasteiger partial charge in [-0.15, -0.1) is 0 Å². The first-order chi connectivity index (χ1) is 41.6. The number of aliphatic hydroxyl groups is 1. The van der Waals surface area contributed by atoms with Gasteiger partial charge in [0, 0.05) is 12.8 Å². The minimum absolute atomic E-state index is 0.0614. The molecule has 0 aliphatic rings. The Morgan fingerprint density at radius 1 is 0.286 bits per heavy atom. The summed E-state index contributed by atoms with van der Waals surface area (Å²) in [6.07, 6.45) is 104. The molecule has 0 aliphatic heterocycles. The van der Waals surface area contributed by atoms with E-state index in [1.807, 2.05) is 0 Å². The van der Waals surface area contributed by atoms with Crippen LogP contribution in [0.25, 0.3) is 0 Å². The number of allylic oxidation sites excluding steroid dienone is 12. The minimum atomic E-state index is -0.773. The van der Waals surface area contributed by atoms with Crippen molar-refractivity contribution in [3.05, 3.63) is 72.9 Å². The number of carbonyl (C=O) groups is 2. The SMILES string of the molecule is CC/C=C\C/C=C\C/C=C\C/C=C\CCCCCCCCCCCCCCCCCCCCC(=O)OC(CO)COC(=O)CCCCCCCCCCCCCCCCCCCCCCCCCCCCC/C=C\C/C=C\CCCCCCC. The summed E-state index contributed by atoms with van der Waals surface area (Å²) >= 11 is 0. The lowest BCUT2D eigenvalue weighted by Crippen LogP contribution is -2.28. The molecule has 5 nitrogen and oxygen atoms in total. The number of aliphatic hydroxyl groups excluding tert-OH is 1. The van der Waals surface area contributed by atoms with Gasteiger partial charge in [0.2, 0.25) is 0 Å². The van der Waals surface area contributed by atoms with E-state index < -0.39 is 6.10 Å². The highest BCUT2D eigenvalue weighted by atomic mass is 16.6. The van der Waals surface area contributed by atoms with Gasteiger partial charge in [-0.25, -0.2) is 0 Å². The molecule has 84 heavy (non-hydrogen) atoms. The molecular weight excluding hydrogens is 1030 g/mol. The van der Waals surface area contributed by atoms with Gasteiger partial charge in [-0.05, 0) is 83.5 Å². The molecule has 0 saturated carbocycles. The molecule has 0 saturated heterocycles. The number of ether oxygens (including phenoxy) is 2. The van der Waals surface area contributed by atoms with Crippen LogP contribution in [0.1, 0.15) is 399 Å². The van der Waals surface area contributed by atoms with Crippen LogP contribution in [0.4, 0.5) is 0 Å². The molecule has 0 radical (unpaired) electrons. The van der Waals surface area contributed by atoms with Crippen LogP contribution in [0.2, 0.25) is 0 Å². The summed E-state index contributed by atoms with van der Waals surface area (Å²) in [6, 6.07) is 0. The standard InChI is InChI=1S/C79H144O5/c1-3-5-7-9-11-13-15-17-19-21-23-25-27-29-31-33-35-36-37-38-39-40-41-42-44-45-47-49-51-53-55-57-59-61-63-65-67-69-71-73-78(81)83-76-77(75-80)84-79(82)74-72-70-68-66-64-62-60-58-56-54-52-50-48-46-43-34-32-30-28-26-24-22-20-18-16-14-12-10-8-6-4-2/h6,8,12,14-15,17-18,20-21,23-24,26,77,80H,3-5,7,9-11,13,16,19,22,25,27-76H2,1-2H3/b8-6-,14-12-,17-15-,20-18-,23-21-,26-24-. The molecule has 1 atom stereocenters. The second kappa shape index (κ2) is 74.6. The molecule has 0 bridgehead atoms. The molecule has 1 unspecified atom stereocenters. The van der Waals surface area contributed by atoms with Crippen LogP contribution in [0.3, 0.4) is 0 Å². The number of rotatable bonds is 70. The summed E-state index contributed by atoms with van der Waals surface area (Å²) in [4.78, 5) is 24.7. The summed E-state index contributed by atoms with van der Waals surface area (Å²) in [5.41, 5.74) is 0. The number of hydrogen-bond acceptors (Lipinski definition) is 5. The highest BCUT2D eigenvalue weighted by molar-refractivity contribution is 5.70. The molecular formula is C79H144O5. The maximum atomic E-state index is 12.4. The van der Waals surface area contributed by atoms with E-state index in [-0.39, 0.29) is 25.2 Å². The zero-order valence-corrected chi connectivity index (χ0v) is 56.4. The third-order valence-electron chi connectivity index (χ3n) is 17.0. The van der Waals surface area contributed by atoms with Crippen molar-refractivity contribution in [1.82, 2.24) is 0 Å². The topological polar surface area (TPSA) is 72.8 Å². The Labute approximate surface area is 524 Å². The van der Waals surface area contributed by atoms with Gasteiger partial charge < -0.3 is 14.6 Å². The van der Waals surface area contributed by atoms with Crippen LogP contribution in [-0.2, 0) is 19.1 Å². The Morgan fingerprint density at radius 2 is 0.512 bits per heavy atom. The van der Waals surface area contributed by atoms with Crippen molar-refractivity contribution >= 4 is 11.9 Å². The molecule has 0 amide bonds. The molecule has 0 spiro atoms. The average Bonchev–Trinajstić information content (AvgIpc) is 3.51. The summed E-state index contributed by atoms with van der Waals surface area (Å²) < 4.78 is 10.8. The van der Waals surface area contributed by atoms with Crippen molar-refractivity contribution in [2.75, 3.05) is 13.2 Å². The molecule has 5 heteroatoms. The van der Waals surface area contributed by atoms with Gasteiger partial charge in [0.05, 0.1) is 6.61 Å². The first-order valence-electron chi connectivity index (χ1n) is 37.5. The highest BCUT2D eigenvalue weighted by Crippen LogP contribution is 2.19. The lowest BCUT2D eigenvalue weighted by Gasteiger charge is -2.15. The van der Waals surface area contributed by atoms with Crippen molar-refractivity contribution in [3.63, 3.8) is 0 Å². The first-order valence-corrected chi connectivity index (χ1v) is 37.5. The van der Waals surface area contributed by atoms with Gasteiger partial charge in [-0.1, -0.05) is 376 Å². The molecule has 0 fully saturated rings. The van der Waals surface area contributed by atoms with Crippen LogP contribution in [-0.4, -0.2) is 36.4 Å². The van der Waals surface area contributed by atoms with Crippen molar-refractivity contribution in [3.8, 4) is 0 Å². The van der Waals surface area contributed by atoms with Crippen molar-refractivity contribution in [1.29, 1.82) is 0 Å². The predicted octanol–water partition coefficient (Wildman–Crippen LogP) is 26.2. The van der Waals surface area contributed by atoms with Crippen molar-refractivity contribution < 1.29 is 24.2 Å². The van der Waals surface area contributed by atoms with Crippen molar-refractivity contribution in [2.45, 2.75) is 405 Å². The van der Waals surface area contributed by atoms with E-state index in [4.69, 9.17) is 9.47 Å². The Balaban J connectivity index is 3.38. The Kier molecular flexibility index (Phi) is 72.2. The third-order valence-corrected chi connectivity index (χ3v) is 17.0. The van der Waals surface area contributed by atoms with Gasteiger partial charge >= 0.3 is 11.9 Å². The molecule has 1 N–H and O–H groups in total. The quantitative estimate of drug-likeness (QED) is 0.0373. The smallest absolute Gasteiger partial charge is 0.306 e. The fourth-order valence-electron chi connectivity index (χ4n) is 11.4. The fraction of sp³-hybridized carbons (Fsp3) is 0.823. The molecule has 0 rings (SSSR count). The largest absolute Gasteiger partial charge is 0.462 e. The number of carbonyl (C=O) groups excluding carboxylic acids is 2. The Bertz CT molecular complexity index is 1470. The molecule has 0 aromatic heterocycles. The van der Waals surface area contributed by atoms with Crippen LogP contribution >= 0.6 is 0 Å². The lowest BCUT2D eigenvalue weighted by molar-refractivity contribution is -0.161. The van der Waals surface area contributed by atoms with Gasteiger partial charge in [-0.2, -0.15) is 0 Å². The van der Waals surface area contributed by atoms with E-state index in [0.717, 1.165) is 70.6 Å². The van der Waals surface area contributed by atoms with Crippen molar-refractivity contribution in [2.24, 2.45) is 0 Å². The monoisotopic (exact) mass is 1170 g/mol. The first kappa shape index (κ1) is 81.3. The third kappa shape index (κ3) is 71.8. The van der Waals surface area contributed by atoms with Crippen LogP contribution in [0.5, 0.6) is 0 Å². The fourth-order valence-corrected chi connectivity index (χ4v) is 11.4. The van der Waals surface area contributed by atoms with Gasteiger partial charge in [0.1, 0.15) is 6.61 Å².